The Bertz CT molecular complexity index is 924. The van der Waals surface area contributed by atoms with Crippen molar-refractivity contribution in [3.63, 3.8) is 0 Å². The molecule has 1 atom stereocenters. The van der Waals surface area contributed by atoms with Crippen LogP contribution >= 0.6 is 11.8 Å². The summed E-state index contributed by atoms with van der Waals surface area (Å²) in [5.74, 6) is -0.0154. The molecule has 1 aromatic rings. The number of ether oxygens (including phenoxy) is 3. The summed E-state index contributed by atoms with van der Waals surface area (Å²) < 4.78 is 15.7. The summed E-state index contributed by atoms with van der Waals surface area (Å²) in [4.78, 5) is 30.2. The van der Waals surface area contributed by atoms with E-state index in [1.54, 1.807) is 30.4 Å². The average molecular weight is 405 g/mol. The van der Waals surface area contributed by atoms with Crippen LogP contribution in [0.4, 0.5) is 5.69 Å². The first kappa shape index (κ1) is 19.7. The Morgan fingerprint density at radius 2 is 2.00 bits per heavy atom. The highest BCUT2D eigenvalue weighted by Gasteiger charge is 2.41. The quantitative estimate of drug-likeness (QED) is 0.403. The monoisotopic (exact) mass is 405 g/mol. The minimum atomic E-state index is -0.780. The molecule has 1 aromatic carbocycles. The number of carbonyl (C=O) groups excluding carboxylic acids is 1. The third kappa shape index (κ3) is 3.31. The van der Waals surface area contributed by atoms with Crippen LogP contribution in [-0.4, -0.2) is 41.8 Å². The lowest BCUT2D eigenvalue weighted by Gasteiger charge is -2.33. The summed E-state index contributed by atoms with van der Waals surface area (Å²) in [5.41, 5.74) is 0.788. The molecule has 0 saturated heterocycles. The van der Waals surface area contributed by atoms with Crippen molar-refractivity contribution >= 4 is 28.6 Å². The van der Waals surface area contributed by atoms with Crippen LogP contribution in [0.3, 0.4) is 0 Å². The highest BCUT2D eigenvalue weighted by molar-refractivity contribution is 8.16. The van der Waals surface area contributed by atoms with Crippen molar-refractivity contribution in [1.82, 2.24) is 4.90 Å². The molecule has 0 amide bonds. The molecule has 28 heavy (non-hydrogen) atoms. The molecule has 148 valence electrons. The number of allylic oxidation sites excluding steroid dienone is 1. The van der Waals surface area contributed by atoms with Crippen LogP contribution in [0.1, 0.15) is 25.5 Å². The number of carbonyl (C=O) groups is 1. The van der Waals surface area contributed by atoms with Crippen molar-refractivity contribution in [2.45, 2.75) is 19.9 Å². The number of methoxy groups -OCH3 is 2. The lowest BCUT2D eigenvalue weighted by molar-refractivity contribution is -0.385. The van der Waals surface area contributed by atoms with Gasteiger partial charge in [-0.25, -0.2) is 9.79 Å². The van der Waals surface area contributed by atoms with Gasteiger partial charge in [-0.2, -0.15) is 0 Å². The predicted molar refractivity (Wildman–Crippen MR) is 104 cm³/mol. The lowest BCUT2D eigenvalue weighted by Crippen LogP contribution is -2.34. The first-order valence-corrected chi connectivity index (χ1v) is 9.29. The number of amidine groups is 1. The van der Waals surface area contributed by atoms with Gasteiger partial charge < -0.3 is 19.1 Å². The van der Waals surface area contributed by atoms with E-state index in [1.807, 2.05) is 0 Å². The van der Waals surface area contributed by atoms with Gasteiger partial charge in [-0.15, -0.1) is 0 Å². The van der Waals surface area contributed by atoms with Crippen molar-refractivity contribution in [3.05, 3.63) is 50.7 Å². The first-order valence-electron chi connectivity index (χ1n) is 8.41. The van der Waals surface area contributed by atoms with Gasteiger partial charge in [0.25, 0.3) is 5.69 Å². The minimum Gasteiger partial charge on any atom is -0.493 e. The second kappa shape index (κ2) is 7.93. The number of rotatable bonds is 6. The van der Waals surface area contributed by atoms with E-state index in [1.165, 1.54) is 38.1 Å². The molecule has 2 aliphatic heterocycles. The largest absolute Gasteiger partial charge is 0.493 e. The van der Waals surface area contributed by atoms with Crippen molar-refractivity contribution < 1.29 is 23.9 Å². The van der Waals surface area contributed by atoms with Gasteiger partial charge in [0.2, 0.25) is 0 Å². The molecule has 0 bridgehead atoms. The summed E-state index contributed by atoms with van der Waals surface area (Å²) >= 11 is 1.37. The topological polar surface area (TPSA) is 104 Å². The summed E-state index contributed by atoms with van der Waals surface area (Å²) in [6.45, 7) is 3.57. The van der Waals surface area contributed by atoms with E-state index in [2.05, 4.69) is 4.99 Å². The smallest absolute Gasteiger partial charge is 0.338 e. The third-order valence-electron chi connectivity index (χ3n) is 4.34. The SMILES string of the molecule is CCOC(=O)C1=C(C)N=C2SC=CN2C1c1cc(OC)c(OC)cc1[N+](=O)[O-]. The van der Waals surface area contributed by atoms with Crippen LogP contribution in [0.25, 0.3) is 0 Å². The predicted octanol–water partition coefficient (Wildman–Crippen LogP) is 3.38. The number of nitrogens with zero attached hydrogens (tertiary/aromatic N) is 3. The van der Waals surface area contributed by atoms with Crippen molar-refractivity contribution in [2.75, 3.05) is 20.8 Å². The fraction of sp³-hybridized carbons (Fsp3) is 0.333. The Hall–Kier alpha value is -3.01. The maximum absolute atomic E-state index is 12.7. The number of benzene rings is 1. The molecule has 0 aromatic heterocycles. The maximum Gasteiger partial charge on any atom is 0.338 e. The molecule has 2 aliphatic rings. The molecule has 0 spiro atoms. The number of fused-ring (bicyclic) bond motifs is 1. The lowest BCUT2D eigenvalue weighted by atomic mass is 9.93. The van der Waals surface area contributed by atoms with Crippen LogP contribution in [0, 0.1) is 10.1 Å². The Morgan fingerprint density at radius 3 is 2.61 bits per heavy atom. The molecule has 0 aliphatic carbocycles. The zero-order chi connectivity index (χ0) is 20.4. The number of esters is 1. The molecule has 0 fully saturated rings. The molecule has 10 heteroatoms. The summed E-state index contributed by atoms with van der Waals surface area (Å²) in [5, 5.41) is 14.2. The van der Waals surface area contributed by atoms with Gasteiger partial charge in [0.05, 0.1) is 48.6 Å². The van der Waals surface area contributed by atoms with Crippen molar-refractivity contribution in [1.29, 1.82) is 0 Å². The van der Waals surface area contributed by atoms with Crippen molar-refractivity contribution in [3.8, 4) is 11.5 Å². The first-order chi connectivity index (χ1) is 13.4. The van der Waals surface area contributed by atoms with E-state index in [0.717, 1.165) is 0 Å². The van der Waals surface area contributed by atoms with Crippen LogP contribution in [0.2, 0.25) is 0 Å². The Morgan fingerprint density at radius 1 is 1.32 bits per heavy atom. The zero-order valence-electron chi connectivity index (χ0n) is 15.8. The van der Waals surface area contributed by atoms with Gasteiger partial charge in [0.1, 0.15) is 6.04 Å². The molecule has 2 heterocycles. The number of aliphatic imine (C=N–C) groups is 1. The second-order valence-electron chi connectivity index (χ2n) is 5.85. The number of thioether (sulfide) groups is 1. The molecule has 0 radical (unpaired) electrons. The Balaban J connectivity index is 2.26. The van der Waals surface area contributed by atoms with Crippen LogP contribution in [0.5, 0.6) is 11.5 Å². The Labute approximate surface area is 165 Å². The van der Waals surface area contributed by atoms with Crippen LogP contribution < -0.4 is 9.47 Å². The highest BCUT2D eigenvalue weighted by atomic mass is 32.2. The van der Waals surface area contributed by atoms with E-state index in [9.17, 15) is 14.9 Å². The number of hydrogen-bond acceptors (Lipinski definition) is 9. The molecule has 3 rings (SSSR count). The third-order valence-corrected chi connectivity index (χ3v) is 5.11. The summed E-state index contributed by atoms with van der Waals surface area (Å²) in [6.07, 6.45) is 1.74. The standard InChI is InChI=1S/C18H19N3O6S/c1-5-27-17(22)15-10(2)19-18-20(6-7-28-18)16(15)11-8-13(25-3)14(26-4)9-12(11)21(23)24/h6-9,16H,5H2,1-4H3. The average Bonchev–Trinajstić information content (AvgIpc) is 3.13. The second-order valence-corrected chi connectivity index (χ2v) is 6.72. The minimum absolute atomic E-state index is 0.178. The van der Waals surface area contributed by atoms with Gasteiger partial charge in [-0.05, 0) is 25.3 Å². The summed E-state index contributed by atoms with van der Waals surface area (Å²) in [7, 11) is 2.85. The molecular formula is C18H19N3O6S. The molecular weight excluding hydrogens is 386 g/mol. The van der Waals surface area contributed by atoms with Crippen LogP contribution in [-0.2, 0) is 9.53 Å². The van der Waals surface area contributed by atoms with E-state index < -0.39 is 16.9 Å². The van der Waals surface area contributed by atoms with Gasteiger partial charge in [0, 0.05) is 6.20 Å². The number of hydrogen-bond donors (Lipinski definition) is 0. The molecule has 9 nitrogen and oxygen atoms in total. The highest BCUT2D eigenvalue weighted by Crippen LogP contribution is 2.46. The zero-order valence-corrected chi connectivity index (χ0v) is 16.6. The van der Waals surface area contributed by atoms with E-state index >= 15 is 0 Å². The fourth-order valence-corrected chi connectivity index (χ4v) is 3.93. The van der Waals surface area contributed by atoms with E-state index in [-0.39, 0.29) is 29.2 Å². The summed E-state index contributed by atoms with van der Waals surface area (Å²) in [6, 6.07) is 2.04. The van der Waals surface area contributed by atoms with Crippen molar-refractivity contribution in [2.24, 2.45) is 4.99 Å². The number of nitro benzene ring substituents is 1. The normalized spacial score (nSPS) is 17.9. The van der Waals surface area contributed by atoms with Gasteiger partial charge in [0.15, 0.2) is 16.7 Å². The molecule has 0 saturated carbocycles. The molecule has 0 N–H and O–H groups in total. The number of nitro groups is 1. The Kier molecular flexibility index (Phi) is 5.59. The fourth-order valence-electron chi connectivity index (χ4n) is 3.14. The van der Waals surface area contributed by atoms with E-state index in [4.69, 9.17) is 14.2 Å². The van der Waals surface area contributed by atoms with Gasteiger partial charge >= 0.3 is 5.97 Å². The maximum atomic E-state index is 12.7. The van der Waals surface area contributed by atoms with Crippen LogP contribution in [0.15, 0.2) is 40.0 Å². The van der Waals surface area contributed by atoms with Gasteiger partial charge in [-0.1, -0.05) is 11.8 Å². The van der Waals surface area contributed by atoms with Gasteiger partial charge in [-0.3, -0.25) is 10.1 Å². The molecule has 1 unspecified atom stereocenters. The van der Waals surface area contributed by atoms with E-state index in [0.29, 0.717) is 16.6 Å².